The molecule has 0 unspecified atom stereocenters. The van der Waals surface area contributed by atoms with Gasteiger partial charge in [0.1, 0.15) is 23.3 Å². The van der Waals surface area contributed by atoms with E-state index < -0.39 is 62.4 Å². The van der Waals surface area contributed by atoms with Gasteiger partial charge < -0.3 is 19.2 Å². The number of aromatic nitrogens is 1. The average Bonchev–Trinajstić information content (AvgIpc) is 3.84. The van der Waals surface area contributed by atoms with E-state index in [4.69, 9.17) is 18.9 Å². The molecule has 3 aromatic rings. The molecule has 1 aliphatic heterocycles. The Kier molecular flexibility index (Phi) is 7.62. The van der Waals surface area contributed by atoms with Crippen LogP contribution in [0.25, 0.3) is 22.0 Å². The van der Waals surface area contributed by atoms with Crippen LogP contribution in [0.15, 0.2) is 66.0 Å². The standard InChI is InChI=1S/C32H36N4O8S/c1-5-21-16-32(21,29(38)35-45(40,41)23-10-11-23)34-27(37)26-15-22(17-36(26)30(39)44-31(2,3)4)43-28-24-9-7-6-8-19(24)14-25(33-28)20-12-13-42-18-20/h5-9,12-14,18,21-23,26H,1,10-11,15-17H2,2-4H3,(H,34,37)(H,35,38)/t21-,22-,26+,32-/m1/s1. The number of rotatable bonds is 9. The molecule has 2 aliphatic carbocycles. The molecule has 4 atom stereocenters. The first-order chi connectivity index (χ1) is 21.3. The zero-order chi connectivity index (χ0) is 32.1. The minimum atomic E-state index is -3.84. The van der Waals surface area contributed by atoms with Crippen LogP contribution in [0.4, 0.5) is 4.79 Å². The monoisotopic (exact) mass is 636 g/mol. The second-order valence-corrected chi connectivity index (χ2v) is 14.8. The van der Waals surface area contributed by atoms with Crippen LogP contribution in [0, 0.1) is 5.92 Å². The number of nitrogens with one attached hydrogen (secondary N) is 2. The predicted octanol–water partition coefficient (Wildman–Crippen LogP) is 3.92. The molecular weight excluding hydrogens is 600 g/mol. The summed E-state index contributed by atoms with van der Waals surface area (Å²) in [5.74, 6) is -1.58. The van der Waals surface area contributed by atoms with E-state index >= 15 is 0 Å². The molecule has 3 aliphatic rings. The number of carbonyl (C=O) groups is 3. The van der Waals surface area contributed by atoms with Gasteiger partial charge >= 0.3 is 6.09 Å². The SMILES string of the molecule is C=C[C@@H]1C[C@]1(NC(=O)[C@@H]1C[C@@H](Oc2nc(-c3ccoc3)cc3ccccc23)CN1C(=O)OC(C)(C)C)C(=O)NS(=O)(=O)C1CC1. The molecule has 1 saturated heterocycles. The van der Waals surface area contributed by atoms with Crippen LogP contribution in [0.1, 0.15) is 46.5 Å². The number of benzene rings is 1. The van der Waals surface area contributed by atoms with Crippen LogP contribution in [-0.4, -0.2) is 71.3 Å². The van der Waals surface area contributed by atoms with E-state index in [-0.39, 0.29) is 19.4 Å². The largest absolute Gasteiger partial charge is 0.472 e. The molecule has 0 radical (unpaired) electrons. The molecule has 6 rings (SSSR count). The lowest BCUT2D eigenvalue weighted by Crippen LogP contribution is -2.56. The van der Waals surface area contributed by atoms with Crippen molar-refractivity contribution < 1.29 is 36.7 Å². The number of fused-ring (bicyclic) bond motifs is 1. The first kappa shape index (κ1) is 30.6. The second-order valence-electron chi connectivity index (χ2n) is 12.9. The van der Waals surface area contributed by atoms with Crippen molar-refractivity contribution in [2.75, 3.05) is 6.54 Å². The van der Waals surface area contributed by atoms with Crippen LogP contribution >= 0.6 is 0 Å². The maximum absolute atomic E-state index is 13.9. The maximum atomic E-state index is 13.9. The van der Waals surface area contributed by atoms with E-state index in [0.717, 1.165) is 16.3 Å². The number of carbonyl (C=O) groups excluding carboxylic acids is 3. The molecule has 1 aromatic carbocycles. The number of pyridine rings is 1. The number of sulfonamides is 1. The van der Waals surface area contributed by atoms with E-state index in [1.54, 1.807) is 39.4 Å². The minimum absolute atomic E-state index is 0.0130. The summed E-state index contributed by atoms with van der Waals surface area (Å²) in [5, 5.41) is 3.79. The van der Waals surface area contributed by atoms with E-state index in [0.29, 0.717) is 24.4 Å². The third-order valence-corrected chi connectivity index (χ3v) is 10.1. The normalized spacial score (nSPS) is 24.6. The molecule has 3 heterocycles. The number of amides is 3. The Hall–Kier alpha value is -4.39. The van der Waals surface area contributed by atoms with Crippen molar-refractivity contribution in [2.24, 2.45) is 5.92 Å². The summed E-state index contributed by atoms with van der Waals surface area (Å²) in [6, 6.07) is 10.2. The molecular formula is C32H36N4O8S. The van der Waals surface area contributed by atoms with E-state index in [2.05, 4.69) is 16.6 Å². The Balaban J connectivity index is 1.26. The molecule has 2 saturated carbocycles. The lowest BCUT2D eigenvalue weighted by atomic mass is 10.1. The summed E-state index contributed by atoms with van der Waals surface area (Å²) in [5.41, 5.74) is -0.933. The highest BCUT2D eigenvalue weighted by Crippen LogP contribution is 2.45. The molecule has 2 aromatic heterocycles. The predicted molar refractivity (Wildman–Crippen MR) is 164 cm³/mol. The minimum Gasteiger partial charge on any atom is -0.472 e. The van der Waals surface area contributed by atoms with Gasteiger partial charge in [0.2, 0.25) is 21.8 Å². The van der Waals surface area contributed by atoms with E-state index in [1.165, 1.54) is 11.0 Å². The van der Waals surface area contributed by atoms with Gasteiger partial charge in [0.15, 0.2) is 0 Å². The summed E-state index contributed by atoms with van der Waals surface area (Å²) in [4.78, 5) is 46.5. The smallest absolute Gasteiger partial charge is 0.411 e. The van der Waals surface area contributed by atoms with E-state index in [1.807, 2.05) is 30.3 Å². The lowest BCUT2D eigenvalue weighted by Gasteiger charge is -2.29. The van der Waals surface area contributed by atoms with Gasteiger partial charge in [-0.1, -0.05) is 24.3 Å². The van der Waals surface area contributed by atoms with Crippen molar-refractivity contribution in [3.63, 3.8) is 0 Å². The van der Waals surface area contributed by atoms with Gasteiger partial charge in [0, 0.05) is 23.3 Å². The summed E-state index contributed by atoms with van der Waals surface area (Å²) in [7, 11) is -3.84. The number of ether oxygens (including phenoxy) is 2. The molecule has 12 nitrogen and oxygen atoms in total. The Morgan fingerprint density at radius 1 is 1.18 bits per heavy atom. The highest BCUT2D eigenvalue weighted by Gasteiger charge is 2.62. The number of likely N-dealkylation sites (tertiary alicyclic amines) is 1. The maximum Gasteiger partial charge on any atom is 0.411 e. The summed E-state index contributed by atoms with van der Waals surface area (Å²) < 4.78 is 44.5. The van der Waals surface area contributed by atoms with Gasteiger partial charge in [-0.3, -0.25) is 19.2 Å². The Morgan fingerprint density at radius 2 is 1.93 bits per heavy atom. The number of hydrogen-bond acceptors (Lipinski definition) is 9. The fraction of sp³-hybridized carbons (Fsp3) is 0.438. The van der Waals surface area contributed by atoms with Gasteiger partial charge in [0.05, 0.1) is 30.0 Å². The molecule has 3 amide bonds. The lowest BCUT2D eigenvalue weighted by molar-refractivity contribution is -0.131. The van der Waals surface area contributed by atoms with Gasteiger partial charge in [-0.05, 0) is 63.6 Å². The van der Waals surface area contributed by atoms with Crippen LogP contribution < -0.4 is 14.8 Å². The van der Waals surface area contributed by atoms with Gasteiger partial charge in [-0.2, -0.15) is 0 Å². The van der Waals surface area contributed by atoms with Crippen LogP contribution in [0.3, 0.4) is 0 Å². The quantitative estimate of drug-likeness (QED) is 0.332. The third kappa shape index (κ3) is 6.26. The number of furan rings is 1. The molecule has 3 fully saturated rings. The van der Waals surface area contributed by atoms with Crippen molar-refractivity contribution in [1.82, 2.24) is 19.9 Å². The van der Waals surface area contributed by atoms with Crippen molar-refractivity contribution in [3.05, 3.63) is 61.6 Å². The van der Waals surface area contributed by atoms with Crippen LogP contribution in [0.2, 0.25) is 0 Å². The van der Waals surface area contributed by atoms with Crippen LogP contribution in [-0.2, 0) is 24.3 Å². The van der Waals surface area contributed by atoms with Gasteiger partial charge in [0.25, 0.3) is 5.91 Å². The number of nitrogens with zero attached hydrogens (tertiary/aromatic N) is 2. The Labute approximate surface area is 261 Å². The fourth-order valence-corrected chi connectivity index (χ4v) is 7.01. The Bertz CT molecular complexity index is 1760. The summed E-state index contributed by atoms with van der Waals surface area (Å²) in [6.07, 6.45) is 4.50. The average molecular weight is 637 g/mol. The van der Waals surface area contributed by atoms with Crippen molar-refractivity contribution in [3.8, 4) is 17.1 Å². The third-order valence-electron chi connectivity index (χ3n) is 8.24. The zero-order valence-electron chi connectivity index (χ0n) is 25.3. The molecule has 0 bridgehead atoms. The molecule has 0 spiro atoms. The number of hydrogen-bond donors (Lipinski definition) is 2. The fourth-order valence-electron chi connectivity index (χ4n) is 5.65. The van der Waals surface area contributed by atoms with Gasteiger partial charge in [-0.25, -0.2) is 18.2 Å². The first-order valence-electron chi connectivity index (χ1n) is 14.9. The zero-order valence-corrected chi connectivity index (χ0v) is 26.1. The summed E-state index contributed by atoms with van der Waals surface area (Å²) >= 11 is 0. The summed E-state index contributed by atoms with van der Waals surface area (Å²) in [6.45, 7) is 8.92. The van der Waals surface area contributed by atoms with Crippen molar-refractivity contribution in [2.45, 2.75) is 75.0 Å². The first-order valence-corrected chi connectivity index (χ1v) is 16.4. The topological polar surface area (TPSA) is 157 Å². The van der Waals surface area contributed by atoms with Crippen molar-refractivity contribution in [1.29, 1.82) is 0 Å². The molecule has 13 heteroatoms. The molecule has 238 valence electrons. The molecule has 2 N–H and O–H groups in total. The Morgan fingerprint density at radius 3 is 2.58 bits per heavy atom. The van der Waals surface area contributed by atoms with E-state index in [9.17, 15) is 22.8 Å². The van der Waals surface area contributed by atoms with Gasteiger partial charge in [-0.15, -0.1) is 6.58 Å². The van der Waals surface area contributed by atoms with Crippen molar-refractivity contribution >= 4 is 38.7 Å². The highest BCUT2D eigenvalue weighted by molar-refractivity contribution is 7.91. The highest BCUT2D eigenvalue weighted by atomic mass is 32.2. The second kappa shape index (κ2) is 11.2. The van der Waals surface area contributed by atoms with Crippen LogP contribution in [0.5, 0.6) is 5.88 Å². The molecule has 45 heavy (non-hydrogen) atoms.